The van der Waals surface area contributed by atoms with Crippen LogP contribution in [0.15, 0.2) is 0 Å². The zero-order valence-corrected chi connectivity index (χ0v) is 15.8. The molecular formula is C13H26O9Ti-4. The summed E-state index contributed by atoms with van der Waals surface area (Å²) < 4.78 is 10.8. The third-order valence-electron chi connectivity index (χ3n) is 2.04. The molecule has 0 aliphatic carbocycles. The van der Waals surface area contributed by atoms with Crippen molar-refractivity contribution in [3.63, 3.8) is 0 Å². The van der Waals surface area contributed by atoms with Crippen molar-refractivity contribution >= 4 is 17.3 Å². The van der Waals surface area contributed by atoms with Crippen LogP contribution in [0.2, 0.25) is 0 Å². The Morgan fingerprint density at radius 3 is 1.30 bits per heavy atom. The number of carbonyl (C=O) groups excluding carboxylic acids is 3. The third-order valence-corrected chi connectivity index (χ3v) is 2.04. The number of hydrogen-bond acceptors (Lipinski definition) is 9. The van der Waals surface area contributed by atoms with Crippen molar-refractivity contribution < 1.29 is 67.5 Å². The SMILES string of the molecule is CC(=O)CC(=O)C(OC(C)C)(OC(C)C)C(C)=O.[OH-].[OH-].[OH-].[OH-].[Ti]. The molecule has 0 radical (unpaired) electrons. The van der Waals surface area contributed by atoms with Crippen molar-refractivity contribution in [2.45, 2.75) is 66.0 Å². The third kappa shape index (κ3) is 12.6. The Hall–Kier alpha value is -0.516. The fourth-order valence-corrected chi connectivity index (χ4v) is 1.53. The van der Waals surface area contributed by atoms with Crippen LogP contribution in [0.5, 0.6) is 0 Å². The fourth-order valence-electron chi connectivity index (χ4n) is 1.53. The van der Waals surface area contributed by atoms with Crippen molar-refractivity contribution in [3.05, 3.63) is 0 Å². The van der Waals surface area contributed by atoms with E-state index in [4.69, 9.17) is 9.47 Å². The molecule has 0 fully saturated rings. The van der Waals surface area contributed by atoms with Crippen LogP contribution in [0.1, 0.15) is 48.0 Å². The van der Waals surface area contributed by atoms with Crippen LogP contribution < -0.4 is 0 Å². The first-order valence-corrected chi connectivity index (χ1v) is 6.01. The monoisotopic (exact) mass is 374 g/mol. The van der Waals surface area contributed by atoms with Gasteiger partial charge in [0.2, 0.25) is 5.78 Å². The first-order valence-electron chi connectivity index (χ1n) is 6.01. The largest absolute Gasteiger partial charge is 0.870 e. The average molecular weight is 374 g/mol. The summed E-state index contributed by atoms with van der Waals surface area (Å²) in [5.41, 5.74) is 0. The Labute approximate surface area is 151 Å². The summed E-state index contributed by atoms with van der Waals surface area (Å²) in [6.07, 6.45) is -1.12. The van der Waals surface area contributed by atoms with Gasteiger partial charge in [-0.1, -0.05) is 0 Å². The molecule has 0 bridgehead atoms. The van der Waals surface area contributed by atoms with E-state index in [2.05, 4.69) is 0 Å². The Bertz CT molecular complexity index is 332. The standard InChI is InChI=1S/C13H22O5.4H2O.Ti/c1-8(2)17-13(11(6)15,18-9(3)4)12(16)7-10(5)14;;;;;/h8-9H,7H2,1-6H3;4*1H2;/p-4. The first-order chi connectivity index (χ1) is 8.11. The summed E-state index contributed by atoms with van der Waals surface area (Å²) in [7, 11) is 0. The number of ketones is 3. The molecule has 0 heterocycles. The van der Waals surface area contributed by atoms with E-state index < -0.39 is 17.4 Å². The molecule has 0 rings (SSSR count). The second kappa shape index (κ2) is 16.3. The molecule has 0 saturated heterocycles. The molecule has 0 aliphatic heterocycles. The van der Waals surface area contributed by atoms with E-state index in [1.165, 1.54) is 13.8 Å². The smallest absolute Gasteiger partial charge is 0.291 e. The minimum atomic E-state index is -1.96. The van der Waals surface area contributed by atoms with Crippen molar-refractivity contribution in [3.8, 4) is 0 Å². The molecule has 10 heteroatoms. The van der Waals surface area contributed by atoms with Gasteiger partial charge in [-0.05, 0) is 34.6 Å². The van der Waals surface area contributed by atoms with E-state index in [0.717, 1.165) is 0 Å². The number of carbonyl (C=O) groups is 3. The van der Waals surface area contributed by atoms with Crippen LogP contribution in [0.25, 0.3) is 0 Å². The molecule has 0 saturated carbocycles. The molecule has 140 valence electrons. The Morgan fingerprint density at radius 1 is 0.826 bits per heavy atom. The molecule has 4 N–H and O–H groups in total. The molecule has 0 aromatic carbocycles. The molecule has 0 aromatic rings. The maximum atomic E-state index is 12.1. The number of ether oxygens (including phenoxy) is 2. The van der Waals surface area contributed by atoms with E-state index in [1.807, 2.05) is 0 Å². The molecule has 0 aromatic heterocycles. The summed E-state index contributed by atoms with van der Waals surface area (Å²) >= 11 is 0. The number of rotatable bonds is 8. The minimum absolute atomic E-state index is 0. The van der Waals surface area contributed by atoms with Gasteiger partial charge in [0.1, 0.15) is 5.78 Å². The summed E-state index contributed by atoms with van der Waals surface area (Å²) in [6, 6.07) is 0. The number of hydrogen-bond donors (Lipinski definition) is 0. The summed E-state index contributed by atoms with van der Waals surface area (Å²) in [6.45, 7) is 9.30. The Morgan fingerprint density at radius 2 is 1.13 bits per heavy atom. The van der Waals surface area contributed by atoms with E-state index in [0.29, 0.717) is 0 Å². The molecule has 23 heavy (non-hydrogen) atoms. The fraction of sp³-hybridized carbons (Fsp3) is 0.769. The van der Waals surface area contributed by atoms with Crippen LogP contribution >= 0.6 is 0 Å². The molecule has 0 amide bonds. The van der Waals surface area contributed by atoms with Gasteiger partial charge in [-0.25, -0.2) is 0 Å². The van der Waals surface area contributed by atoms with Gasteiger partial charge in [0.05, 0.1) is 18.6 Å². The second-order valence-electron chi connectivity index (χ2n) is 4.81. The maximum Gasteiger partial charge on any atom is 0.291 e. The van der Waals surface area contributed by atoms with Gasteiger partial charge in [-0.3, -0.25) is 14.4 Å². The molecule has 9 nitrogen and oxygen atoms in total. The van der Waals surface area contributed by atoms with Gasteiger partial charge in [0.15, 0.2) is 5.78 Å². The molecular weight excluding hydrogens is 348 g/mol. The van der Waals surface area contributed by atoms with Crippen molar-refractivity contribution in [1.82, 2.24) is 0 Å². The first kappa shape index (κ1) is 38.2. The van der Waals surface area contributed by atoms with E-state index in [9.17, 15) is 14.4 Å². The van der Waals surface area contributed by atoms with Crippen molar-refractivity contribution in [2.75, 3.05) is 0 Å². The summed E-state index contributed by atoms with van der Waals surface area (Å²) in [4.78, 5) is 34.9. The van der Waals surface area contributed by atoms with Gasteiger partial charge in [0, 0.05) is 28.6 Å². The number of Topliss-reactive ketones (excluding diaryl/α,β-unsaturated/α-hetero) is 3. The summed E-state index contributed by atoms with van der Waals surface area (Å²) in [5, 5.41) is 0. The molecule has 0 atom stereocenters. The molecule has 0 aliphatic rings. The summed E-state index contributed by atoms with van der Waals surface area (Å²) in [5.74, 6) is -3.49. The van der Waals surface area contributed by atoms with E-state index in [-0.39, 0.29) is 68.0 Å². The normalized spacial score (nSPS) is 9.39. The predicted molar refractivity (Wildman–Crippen MR) is 73.9 cm³/mol. The van der Waals surface area contributed by atoms with Crippen LogP contribution in [0, 0.1) is 0 Å². The predicted octanol–water partition coefficient (Wildman–Crippen LogP) is 0.960. The maximum absolute atomic E-state index is 12.1. The van der Waals surface area contributed by atoms with Crippen LogP contribution in [0.4, 0.5) is 0 Å². The zero-order chi connectivity index (χ0) is 14.5. The Balaban J connectivity index is -0.000000144. The topological polar surface area (TPSA) is 190 Å². The van der Waals surface area contributed by atoms with Crippen LogP contribution in [0.3, 0.4) is 0 Å². The van der Waals surface area contributed by atoms with Gasteiger partial charge in [-0.2, -0.15) is 0 Å². The van der Waals surface area contributed by atoms with E-state index in [1.54, 1.807) is 27.7 Å². The van der Waals surface area contributed by atoms with E-state index >= 15 is 0 Å². The van der Waals surface area contributed by atoms with Gasteiger partial charge < -0.3 is 31.4 Å². The van der Waals surface area contributed by atoms with Crippen molar-refractivity contribution in [2.24, 2.45) is 0 Å². The van der Waals surface area contributed by atoms with Crippen LogP contribution in [-0.4, -0.2) is 57.2 Å². The molecule has 0 unspecified atom stereocenters. The van der Waals surface area contributed by atoms with Crippen LogP contribution in [-0.2, 0) is 45.6 Å². The minimum Gasteiger partial charge on any atom is -0.870 e. The zero-order valence-electron chi connectivity index (χ0n) is 14.2. The molecule has 0 spiro atoms. The second-order valence-corrected chi connectivity index (χ2v) is 4.81. The Kier molecular flexibility index (Phi) is 27.1. The van der Waals surface area contributed by atoms with Gasteiger partial charge in [-0.15, -0.1) is 0 Å². The quantitative estimate of drug-likeness (QED) is 0.338. The van der Waals surface area contributed by atoms with Gasteiger partial charge in [0.25, 0.3) is 5.79 Å². The van der Waals surface area contributed by atoms with Crippen molar-refractivity contribution in [1.29, 1.82) is 0 Å². The average Bonchev–Trinajstić information content (AvgIpc) is 2.13. The van der Waals surface area contributed by atoms with Gasteiger partial charge >= 0.3 is 0 Å².